The molecule has 1 fully saturated rings. The van der Waals surface area contributed by atoms with Gasteiger partial charge in [0.05, 0.1) is 22.1 Å². The van der Waals surface area contributed by atoms with Gasteiger partial charge in [0.25, 0.3) is 5.56 Å². The Balaban J connectivity index is 1.32. The maximum Gasteiger partial charge on any atom is 0.329 e. The molecule has 0 atom stereocenters. The predicted molar refractivity (Wildman–Crippen MR) is 150 cm³/mol. The third kappa shape index (κ3) is 4.14. The summed E-state index contributed by atoms with van der Waals surface area (Å²) in [5.41, 5.74) is 3.02. The van der Waals surface area contributed by atoms with Crippen molar-refractivity contribution in [3.8, 4) is 22.6 Å². The molecule has 41 heavy (non-hydrogen) atoms. The molecule has 1 amide bonds. The van der Waals surface area contributed by atoms with E-state index < -0.39 is 17.9 Å². The number of nitrogens with one attached hydrogen (secondary N) is 2. The van der Waals surface area contributed by atoms with Gasteiger partial charge in [-0.3, -0.25) is 24.1 Å². The van der Waals surface area contributed by atoms with E-state index in [1.54, 1.807) is 40.2 Å². The minimum absolute atomic E-state index is 0.246. The van der Waals surface area contributed by atoms with Gasteiger partial charge in [0.15, 0.2) is 5.82 Å². The number of carbonyl (C=O) groups is 1. The summed E-state index contributed by atoms with van der Waals surface area (Å²) in [4.78, 5) is 67.7. The van der Waals surface area contributed by atoms with Crippen LogP contribution in [0.3, 0.4) is 0 Å². The second-order valence-corrected chi connectivity index (χ2v) is 9.88. The van der Waals surface area contributed by atoms with Gasteiger partial charge in [-0.1, -0.05) is 0 Å². The number of rotatable bonds is 4. The highest BCUT2D eigenvalue weighted by Crippen LogP contribution is 2.29. The van der Waals surface area contributed by atoms with Crippen molar-refractivity contribution in [1.29, 1.82) is 0 Å². The molecule has 6 aromatic rings. The number of aromatic nitrogens is 8. The lowest BCUT2D eigenvalue weighted by molar-refractivity contribution is -0.135. The molecule has 0 spiro atoms. The fourth-order valence-corrected chi connectivity index (χ4v) is 5.51. The molecule has 0 aromatic carbocycles. The molecule has 1 aliphatic rings. The number of nitrogens with zero attached hydrogens (tertiary/aromatic N) is 7. The van der Waals surface area contributed by atoms with Crippen molar-refractivity contribution in [3.05, 3.63) is 76.1 Å². The number of aliphatic hydroxyl groups is 1. The molecule has 0 aliphatic carbocycles. The van der Waals surface area contributed by atoms with E-state index in [9.17, 15) is 19.5 Å². The second-order valence-electron chi connectivity index (χ2n) is 9.88. The van der Waals surface area contributed by atoms with Crippen LogP contribution in [0.25, 0.3) is 55.6 Å². The number of H-pyrrole nitrogens is 2. The minimum atomic E-state index is -0.557. The standard InChI is InChI=1S/C28H23N9O4/c38-14-22(39)36-8-5-16(6-9-36)37-24-19(27(40)35-28(37)41)13-30-21-4-3-20(34-23(21)24)15-10-31-26(32-11-15)18-12-33-25-17(18)2-1-7-29-25/h1-4,7,10-13,16,38H,5-6,8-9,14H2,(H,29,33)(H,35,40,41). The Kier molecular flexibility index (Phi) is 5.86. The van der Waals surface area contributed by atoms with Gasteiger partial charge in [0, 0.05) is 66.6 Å². The quantitative estimate of drug-likeness (QED) is 0.277. The molecule has 0 unspecified atom stereocenters. The molecule has 7 heterocycles. The SMILES string of the molecule is O=C(CO)N1CCC(n2c(=O)[nH]c(=O)c3cnc4ccc(-c5cnc(-c6c[nH]c7ncccc67)nc5)nc4c32)CC1. The predicted octanol–water partition coefficient (Wildman–Crippen LogP) is 1.79. The Morgan fingerprint density at radius 2 is 1.80 bits per heavy atom. The van der Waals surface area contributed by atoms with E-state index in [0.717, 1.165) is 16.6 Å². The van der Waals surface area contributed by atoms with Crippen LogP contribution in [-0.4, -0.2) is 75.1 Å². The molecule has 0 bridgehead atoms. The fourth-order valence-electron chi connectivity index (χ4n) is 5.51. The van der Waals surface area contributed by atoms with Crippen LogP contribution in [-0.2, 0) is 4.79 Å². The Morgan fingerprint density at radius 3 is 2.59 bits per heavy atom. The zero-order valence-corrected chi connectivity index (χ0v) is 21.6. The Bertz CT molecular complexity index is 2070. The van der Waals surface area contributed by atoms with Crippen LogP contribution in [0.5, 0.6) is 0 Å². The van der Waals surface area contributed by atoms with Gasteiger partial charge in [-0.25, -0.2) is 24.7 Å². The van der Waals surface area contributed by atoms with Crippen LogP contribution in [0.2, 0.25) is 0 Å². The summed E-state index contributed by atoms with van der Waals surface area (Å²) in [5.74, 6) is 0.185. The summed E-state index contributed by atoms with van der Waals surface area (Å²) in [5, 5.41) is 10.4. The summed E-state index contributed by atoms with van der Waals surface area (Å²) in [6.45, 7) is 0.211. The first-order valence-corrected chi connectivity index (χ1v) is 13.1. The molecule has 13 nitrogen and oxygen atoms in total. The number of hydrogen-bond donors (Lipinski definition) is 3. The van der Waals surface area contributed by atoms with Crippen molar-refractivity contribution >= 4 is 38.9 Å². The summed E-state index contributed by atoms with van der Waals surface area (Å²) in [6.07, 6.45) is 9.30. The van der Waals surface area contributed by atoms with Crippen molar-refractivity contribution in [2.24, 2.45) is 0 Å². The van der Waals surface area contributed by atoms with E-state index in [2.05, 4.69) is 29.9 Å². The zero-order valence-electron chi connectivity index (χ0n) is 21.6. The van der Waals surface area contributed by atoms with Crippen LogP contribution in [0.15, 0.2) is 64.8 Å². The number of likely N-dealkylation sites (tertiary alicyclic amines) is 1. The van der Waals surface area contributed by atoms with Crippen LogP contribution in [0.4, 0.5) is 0 Å². The third-order valence-electron chi connectivity index (χ3n) is 7.57. The highest BCUT2D eigenvalue weighted by atomic mass is 16.3. The number of amides is 1. The highest BCUT2D eigenvalue weighted by molar-refractivity contribution is 6.01. The summed E-state index contributed by atoms with van der Waals surface area (Å²) < 4.78 is 1.56. The van der Waals surface area contributed by atoms with Gasteiger partial charge >= 0.3 is 5.69 Å². The van der Waals surface area contributed by atoms with Crippen molar-refractivity contribution in [1.82, 2.24) is 44.4 Å². The summed E-state index contributed by atoms with van der Waals surface area (Å²) in [6, 6.07) is 7.10. The number of aromatic amines is 2. The van der Waals surface area contributed by atoms with Gasteiger partial charge in [-0.2, -0.15) is 0 Å². The van der Waals surface area contributed by atoms with Crippen LogP contribution >= 0.6 is 0 Å². The first-order chi connectivity index (χ1) is 20.0. The van der Waals surface area contributed by atoms with Crippen LogP contribution in [0.1, 0.15) is 18.9 Å². The monoisotopic (exact) mass is 549 g/mol. The normalized spacial score (nSPS) is 14.3. The fraction of sp³-hybridized carbons (Fsp3) is 0.214. The summed E-state index contributed by atoms with van der Waals surface area (Å²) in [7, 11) is 0. The van der Waals surface area contributed by atoms with E-state index >= 15 is 0 Å². The number of pyridine rings is 3. The van der Waals surface area contributed by atoms with E-state index in [-0.39, 0.29) is 17.3 Å². The molecule has 204 valence electrons. The third-order valence-corrected chi connectivity index (χ3v) is 7.57. The average molecular weight is 550 g/mol. The minimum Gasteiger partial charge on any atom is -0.387 e. The molecule has 0 saturated carbocycles. The van der Waals surface area contributed by atoms with Gasteiger partial charge in [0.2, 0.25) is 5.91 Å². The number of hydrogen-bond acceptors (Lipinski definition) is 9. The van der Waals surface area contributed by atoms with Crippen molar-refractivity contribution < 1.29 is 9.90 Å². The van der Waals surface area contributed by atoms with E-state index in [1.165, 1.54) is 6.20 Å². The molecule has 1 aliphatic heterocycles. The lowest BCUT2D eigenvalue weighted by atomic mass is 10.0. The lowest BCUT2D eigenvalue weighted by Crippen LogP contribution is -2.43. The van der Waals surface area contributed by atoms with Gasteiger partial charge < -0.3 is 15.0 Å². The molecule has 13 heteroatoms. The van der Waals surface area contributed by atoms with E-state index in [4.69, 9.17) is 4.98 Å². The van der Waals surface area contributed by atoms with E-state index in [0.29, 0.717) is 59.6 Å². The number of fused-ring (bicyclic) bond motifs is 4. The Morgan fingerprint density at radius 1 is 1.00 bits per heavy atom. The first kappa shape index (κ1) is 24.7. The van der Waals surface area contributed by atoms with Crippen LogP contribution in [0, 0.1) is 0 Å². The van der Waals surface area contributed by atoms with Crippen LogP contribution < -0.4 is 11.2 Å². The Hall–Kier alpha value is -5.30. The molecule has 0 radical (unpaired) electrons. The Labute approximate surface area is 230 Å². The van der Waals surface area contributed by atoms with Gasteiger partial charge in [-0.15, -0.1) is 0 Å². The number of piperidine rings is 1. The number of carbonyl (C=O) groups excluding carboxylic acids is 1. The molecule has 1 saturated heterocycles. The maximum atomic E-state index is 13.2. The molecule has 7 rings (SSSR count). The first-order valence-electron chi connectivity index (χ1n) is 13.1. The zero-order chi connectivity index (χ0) is 28.1. The van der Waals surface area contributed by atoms with Crippen molar-refractivity contribution in [2.75, 3.05) is 19.7 Å². The van der Waals surface area contributed by atoms with Gasteiger partial charge in [0.1, 0.15) is 17.8 Å². The summed E-state index contributed by atoms with van der Waals surface area (Å²) >= 11 is 0. The average Bonchev–Trinajstić information content (AvgIpc) is 3.45. The molecular formula is C28H23N9O4. The highest BCUT2D eigenvalue weighted by Gasteiger charge is 2.27. The molecule has 6 aromatic heterocycles. The largest absolute Gasteiger partial charge is 0.387 e. The molecular weight excluding hydrogens is 526 g/mol. The smallest absolute Gasteiger partial charge is 0.329 e. The maximum absolute atomic E-state index is 13.2. The molecule has 3 N–H and O–H groups in total. The number of aliphatic hydroxyl groups excluding tert-OH is 1. The van der Waals surface area contributed by atoms with E-state index in [1.807, 2.05) is 18.3 Å². The lowest BCUT2D eigenvalue weighted by Gasteiger charge is -2.33. The van der Waals surface area contributed by atoms with Crippen molar-refractivity contribution in [2.45, 2.75) is 18.9 Å². The van der Waals surface area contributed by atoms with Crippen molar-refractivity contribution in [3.63, 3.8) is 0 Å². The van der Waals surface area contributed by atoms with Gasteiger partial charge in [-0.05, 0) is 37.1 Å². The second kappa shape index (κ2) is 9.71. The topological polar surface area (TPSA) is 176 Å².